The largest absolute Gasteiger partial charge is 0.385 e. The van der Waals surface area contributed by atoms with E-state index in [1.54, 1.807) is 6.07 Å². The molecule has 0 aliphatic rings. The molecule has 17 heavy (non-hydrogen) atoms. The highest BCUT2D eigenvalue weighted by Crippen LogP contribution is 2.22. The van der Waals surface area contributed by atoms with Crippen LogP contribution >= 0.6 is 11.3 Å². The lowest BCUT2D eigenvalue weighted by molar-refractivity contribution is -0.00268. The summed E-state index contributed by atoms with van der Waals surface area (Å²) in [5.74, 6) is -0.419. The Balaban J connectivity index is 2.58. The average Bonchev–Trinajstić information content (AvgIpc) is 2.66. The minimum atomic E-state index is -2.84. The van der Waals surface area contributed by atoms with E-state index in [2.05, 4.69) is 5.32 Å². The minimum absolute atomic E-state index is 0.419. The molecule has 0 bridgehead atoms. The maximum Gasteiger partial charge on any atom is 0.265 e. The van der Waals surface area contributed by atoms with Crippen LogP contribution in [0.1, 0.15) is 27.0 Å². The number of rotatable bonds is 5. The van der Waals surface area contributed by atoms with Crippen LogP contribution in [0.3, 0.4) is 0 Å². The third kappa shape index (κ3) is 3.74. The Labute approximate surface area is 102 Å². The maximum atomic E-state index is 12.0. The minimum Gasteiger partial charge on any atom is -0.385 e. The third-order valence-electron chi connectivity index (χ3n) is 2.33. The lowest BCUT2D eigenvalue weighted by Gasteiger charge is -2.09. The van der Waals surface area contributed by atoms with E-state index in [1.807, 2.05) is 13.8 Å². The smallest absolute Gasteiger partial charge is 0.265 e. The number of alkyl halides is 2. The van der Waals surface area contributed by atoms with Crippen molar-refractivity contribution in [1.82, 2.24) is 5.32 Å². The molecule has 1 amide bonds. The van der Waals surface area contributed by atoms with Gasteiger partial charge in [0.25, 0.3) is 12.3 Å². The van der Waals surface area contributed by atoms with Crippen molar-refractivity contribution in [2.45, 2.75) is 32.8 Å². The Bertz CT molecular complexity index is 393. The van der Waals surface area contributed by atoms with Gasteiger partial charge in [-0.1, -0.05) is 6.92 Å². The molecule has 0 radical (unpaired) electrons. The first kappa shape index (κ1) is 14.1. The van der Waals surface area contributed by atoms with Gasteiger partial charge in [-0.15, -0.1) is 11.3 Å². The standard InChI is InChI=1S/C11H15F2NO2S/c1-3-8-6(2)4-9(17-8)11(16)14-5-7(15)10(12)13/h4,7,10,15H,3,5H2,1-2H3,(H,14,16). The fraction of sp³-hybridized carbons (Fsp3) is 0.545. The molecule has 2 N–H and O–H groups in total. The van der Waals surface area contributed by atoms with Gasteiger partial charge in [0.05, 0.1) is 4.88 Å². The number of aryl methyl sites for hydroxylation is 2. The molecule has 0 aliphatic carbocycles. The summed E-state index contributed by atoms with van der Waals surface area (Å²) in [6.45, 7) is 3.45. The van der Waals surface area contributed by atoms with E-state index in [1.165, 1.54) is 11.3 Å². The van der Waals surface area contributed by atoms with Crippen molar-refractivity contribution in [3.05, 3.63) is 21.4 Å². The van der Waals surface area contributed by atoms with E-state index in [-0.39, 0.29) is 0 Å². The van der Waals surface area contributed by atoms with Gasteiger partial charge >= 0.3 is 0 Å². The molecule has 0 saturated heterocycles. The highest BCUT2D eigenvalue weighted by molar-refractivity contribution is 7.14. The Kier molecular flexibility index (Phi) is 5.02. The topological polar surface area (TPSA) is 49.3 Å². The fourth-order valence-corrected chi connectivity index (χ4v) is 2.39. The number of hydrogen-bond donors (Lipinski definition) is 2. The fourth-order valence-electron chi connectivity index (χ4n) is 1.36. The molecule has 1 aromatic rings. The summed E-state index contributed by atoms with van der Waals surface area (Å²) in [6.07, 6.45) is -3.82. The summed E-state index contributed by atoms with van der Waals surface area (Å²) >= 11 is 1.35. The van der Waals surface area contributed by atoms with Gasteiger partial charge in [0.15, 0.2) is 0 Å². The summed E-state index contributed by atoms with van der Waals surface area (Å²) in [7, 11) is 0. The van der Waals surface area contributed by atoms with Crippen molar-refractivity contribution < 1.29 is 18.7 Å². The van der Waals surface area contributed by atoms with Crippen LogP contribution in [0.4, 0.5) is 8.78 Å². The maximum absolute atomic E-state index is 12.0. The quantitative estimate of drug-likeness (QED) is 0.853. The second-order valence-corrected chi connectivity index (χ2v) is 4.82. The van der Waals surface area contributed by atoms with Crippen LogP contribution in [0, 0.1) is 6.92 Å². The van der Waals surface area contributed by atoms with Crippen LogP contribution in [-0.2, 0) is 6.42 Å². The third-order valence-corrected chi connectivity index (χ3v) is 3.71. The number of halogens is 2. The summed E-state index contributed by atoms with van der Waals surface area (Å²) in [6, 6.07) is 1.73. The Hall–Kier alpha value is -1.01. The number of aliphatic hydroxyl groups is 1. The van der Waals surface area contributed by atoms with E-state index in [0.717, 1.165) is 16.9 Å². The van der Waals surface area contributed by atoms with Gasteiger partial charge in [0.2, 0.25) is 0 Å². The predicted molar refractivity (Wildman–Crippen MR) is 62.8 cm³/mol. The van der Waals surface area contributed by atoms with Gasteiger partial charge in [-0.05, 0) is 25.0 Å². The van der Waals surface area contributed by atoms with E-state index >= 15 is 0 Å². The number of nitrogens with one attached hydrogen (secondary N) is 1. The zero-order chi connectivity index (χ0) is 13.0. The van der Waals surface area contributed by atoms with E-state index in [9.17, 15) is 13.6 Å². The summed E-state index contributed by atoms with van der Waals surface area (Å²) < 4.78 is 24.0. The van der Waals surface area contributed by atoms with Crippen molar-refractivity contribution in [1.29, 1.82) is 0 Å². The van der Waals surface area contributed by atoms with Gasteiger partial charge < -0.3 is 10.4 Å². The summed E-state index contributed by atoms with van der Waals surface area (Å²) in [5, 5.41) is 11.2. The van der Waals surface area contributed by atoms with Gasteiger partial charge in [-0.25, -0.2) is 8.78 Å². The highest BCUT2D eigenvalue weighted by atomic mass is 32.1. The average molecular weight is 263 g/mol. The second-order valence-electron chi connectivity index (χ2n) is 3.68. The van der Waals surface area contributed by atoms with Crippen LogP contribution in [0.25, 0.3) is 0 Å². The Morgan fingerprint density at radius 1 is 1.59 bits per heavy atom. The van der Waals surface area contributed by atoms with E-state index in [4.69, 9.17) is 5.11 Å². The molecule has 1 rings (SSSR count). The lowest BCUT2D eigenvalue weighted by atomic mass is 10.2. The molecule has 0 aliphatic heterocycles. The van der Waals surface area contributed by atoms with Crippen LogP contribution in [0.15, 0.2) is 6.07 Å². The summed E-state index contributed by atoms with van der Waals surface area (Å²) in [4.78, 5) is 13.2. The van der Waals surface area contributed by atoms with Crippen molar-refractivity contribution in [2.24, 2.45) is 0 Å². The van der Waals surface area contributed by atoms with Crippen molar-refractivity contribution in [3.63, 3.8) is 0 Å². The SMILES string of the molecule is CCc1sc(C(=O)NCC(O)C(F)F)cc1C. The molecule has 96 valence electrons. The highest BCUT2D eigenvalue weighted by Gasteiger charge is 2.18. The van der Waals surface area contributed by atoms with Gasteiger partial charge in [-0.2, -0.15) is 0 Å². The molecule has 0 fully saturated rings. The van der Waals surface area contributed by atoms with Gasteiger partial charge in [-0.3, -0.25) is 4.79 Å². The second kappa shape index (κ2) is 6.07. The van der Waals surface area contributed by atoms with Crippen molar-refractivity contribution in [2.75, 3.05) is 6.54 Å². The lowest BCUT2D eigenvalue weighted by Crippen LogP contribution is -2.35. The molecular weight excluding hydrogens is 248 g/mol. The number of carbonyl (C=O) groups excluding carboxylic acids is 1. The summed E-state index contributed by atoms with van der Waals surface area (Å²) in [5.41, 5.74) is 1.03. The number of amides is 1. The first-order valence-electron chi connectivity index (χ1n) is 5.29. The van der Waals surface area contributed by atoms with Crippen molar-refractivity contribution in [3.8, 4) is 0 Å². The first-order valence-corrected chi connectivity index (χ1v) is 6.11. The molecule has 1 aromatic heterocycles. The predicted octanol–water partition coefficient (Wildman–Crippen LogP) is 1.97. The molecule has 1 atom stereocenters. The number of aliphatic hydroxyl groups excluding tert-OH is 1. The molecule has 6 heteroatoms. The monoisotopic (exact) mass is 263 g/mol. The normalized spacial score (nSPS) is 12.8. The zero-order valence-corrected chi connectivity index (χ0v) is 10.5. The first-order chi connectivity index (χ1) is 7.95. The molecule has 0 spiro atoms. The molecule has 0 saturated carbocycles. The molecule has 1 unspecified atom stereocenters. The zero-order valence-electron chi connectivity index (χ0n) is 9.67. The van der Waals surface area contributed by atoms with Crippen molar-refractivity contribution >= 4 is 17.2 Å². The van der Waals surface area contributed by atoms with E-state index in [0.29, 0.717) is 4.88 Å². The number of carbonyl (C=O) groups is 1. The van der Waals surface area contributed by atoms with Gasteiger partial charge in [0, 0.05) is 11.4 Å². The Morgan fingerprint density at radius 2 is 2.24 bits per heavy atom. The number of thiophene rings is 1. The van der Waals surface area contributed by atoms with Crippen LogP contribution in [0.5, 0.6) is 0 Å². The number of hydrogen-bond acceptors (Lipinski definition) is 3. The van der Waals surface area contributed by atoms with Crippen LogP contribution in [-0.4, -0.2) is 30.1 Å². The van der Waals surface area contributed by atoms with Crippen LogP contribution in [0.2, 0.25) is 0 Å². The van der Waals surface area contributed by atoms with Gasteiger partial charge in [0.1, 0.15) is 6.10 Å². The molecule has 3 nitrogen and oxygen atoms in total. The molecule has 0 aromatic carbocycles. The van der Waals surface area contributed by atoms with E-state index < -0.39 is 25.0 Å². The van der Waals surface area contributed by atoms with Crippen LogP contribution < -0.4 is 5.32 Å². The Morgan fingerprint density at radius 3 is 2.71 bits per heavy atom. The molecule has 1 heterocycles. The molecular formula is C11H15F2NO2S.